The van der Waals surface area contributed by atoms with Gasteiger partial charge in [0.2, 0.25) is 0 Å². The second-order valence-corrected chi connectivity index (χ2v) is 5.95. The number of hydrogen-bond acceptors (Lipinski definition) is 3. The molecule has 0 unspecified atom stereocenters. The molecule has 2 rings (SSSR count). The van der Waals surface area contributed by atoms with Crippen molar-refractivity contribution in [2.75, 3.05) is 27.3 Å². The highest BCUT2D eigenvalue weighted by atomic mass is 127. The number of ether oxygens (including phenoxy) is 2. The maximum absolute atomic E-state index is 5.68. The van der Waals surface area contributed by atoms with Gasteiger partial charge < -0.3 is 20.1 Å². The van der Waals surface area contributed by atoms with E-state index in [2.05, 4.69) is 34.7 Å². The normalized spacial score (nSPS) is 10.7. The van der Waals surface area contributed by atoms with E-state index in [0.29, 0.717) is 6.54 Å². The second-order valence-electron chi connectivity index (χ2n) is 5.95. The van der Waals surface area contributed by atoms with Gasteiger partial charge in [0.15, 0.2) is 5.96 Å². The van der Waals surface area contributed by atoms with E-state index in [-0.39, 0.29) is 24.0 Å². The number of hydrogen-bond donors (Lipinski definition) is 2. The van der Waals surface area contributed by atoms with Gasteiger partial charge in [0.25, 0.3) is 0 Å². The van der Waals surface area contributed by atoms with Gasteiger partial charge >= 0.3 is 0 Å². The summed E-state index contributed by atoms with van der Waals surface area (Å²) in [6.07, 6.45) is 1.93. The van der Waals surface area contributed by atoms with E-state index in [0.717, 1.165) is 43.5 Å². The molecule has 0 fully saturated rings. The monoisotopic (exact) mass is 483 g/mol. The fourth-order valence-electron chi connectivity index (χ4n) is 2.49. The number of benzene rings is 2. The predicted molar refractivity (Wildman–Crippen MR) is 123 cm³/mol. The lowest BCUT2D eigenvalue weighted by molar-refractivity contribution is 0.317. The number of aliphatic imine (C=N–C) groups is 1. The Kier molecular flexibility index (Phi) is 11.3. The van der Waals surface area contributed by atoms with E-state index in [4.69, 9.17) is 9.47 Å². The van der Waals surface area contributed by atoms with Gasteiger partial charge in [-0.3, -0.25) is 4.99 Å². The van der Waals surface area contributed by atoms with Crippen LogP contribution in [0.3, 0.4) is 0 Å². The minimum absolute atomic E-state index is 0. The van der Waals surface area contributed by atoms with Gasteiger partial charge in [-0.15, -0.1) is 24.0 Å². The van der Waals surface area contributed by atoms with Crippen molar-refractivity contribution < 1.29 is 9.47 Å². The average Bonchev–Trinajstić information content (AvgIpc) is 2.69. The molecule has 0 heterocycles. The lowest BCUT2D eigenvalue weighted by Gasteiger charge is -2.13. The van der Waals surface area contributed by atoms with Crippen LogP contribution in [0.4, 0.5) is 0 Å². The summed E-state index contributed by atoms with van der Waals surface area (Å²) in [5, 5.41) is 6.67. The summed E-state index contributed by atoms with van der Waals surface area (Å²) in [6, 6.07) is 16.3. The molecule has 6 heteroatoms. The first-order valence-electron chi connectivity index (χ1n) is 9.04. The molecule has 0 radical (unpaired) electrons. The molecule has 27 heavy (non-hydrogen) atoms. The number of nitrogens with zero attached hydrogens (tertiary/aromatic N) is 1. The van der Waals surface area contributed by atoms with Crippen LogP contribution >= 0.6 is 24.0 Å². The van der Waals surface area contributed by atoms with Crippen LogP contribution in [0.2, 0.25) is 0 Å². The van der Waals surface area contributed by atoms with Crippen LogP contribution in [0.15, 0.2) is 53.5 Å². The molecule has 148 valence electrons. The first-order valence-corrected chi connectivity index (χ1v) is 9.04. The number of methoxy groups -OCH3 is 1. The standard InChI is InChI=1S/C21H29N3O2.HI/c1-4-14-26-20-7-5-6-17(15-20)12-13-23-21(22-2)24-16-18-8-10-19(25-3)11-9-18;/h5-11,15H,4,12-14,16H2,1-3H3,(H2,22,23,24);1H. The van der Waals surface area contributed by atoms with Gasteiger partial charge in [0.1, 0.15) is 11.5 Å². The molecular formula is C21H30IN3O2. The van der Waals surface area contributed by atoms with Crippen molar-refractivity contribution in [3.05, 3.63) is 59.7 Å². The molecular weight excluding hydrogens is 453 g/mol. The molecule has 0 atom stereocenters. The average molecular weight is 483 g/mol. The van der Waals surface area contributed by atoms with Gasteiger partial charge in [-0.25, -0.2) is 0 Å². The summed E-state index contributed by atoms with van der Waals surface area (Å²) in [5.41, 5.74) is 2.42. The van der Waals surface area contributed by atoms with Crippen LogP contribution in [0.5, 0.6) is 11.5 Å². The SMILES string of the molecule is CCCOc1cccc(CCNC(=NC)NCc2ccc(OC)cc2)c1.I. The zero-order valence-electron chi connectivity index (χ0n) is 16.3. The van der Waals surface area contributed by atoms with Crippen molar-refractivity contribution in [1.29, 1.82) is 0 Å². The zero-order chi connectivity index (χ0) is 18.6. The molecule has 0 amide bonds. The third-order valence-electron chi connectivity index (χ3n) is 3.92. The molecule has 0 aliphatic carbocycles. The van der Waals surface area contributed by atoms with Gasteiger partial charge in [-0.1, -0.05) is 31.2 Å². The van der Waals surface area contributed by atoms with Crippen LogP contribution in [0.1, 0.15) is 24.5 Å². The number of nitrogens with one attached hydrogen (secondary N) is 2. The Labute approximate surface area is 179 Å². The molecule has 0 spiro atoms. The fourth-order valence-corrected chi connectivity index (χ4v) is 2.49. The Morgan fingerprint density at radius 2 is 1.78 bits per heavy atom. The van der Waals surface area contributed by atoms with E-state index in [9.17, 15) is 0 Å². The van der Waals surface area contributed by atoms with Crippen LogP contribution in [-0.2, 0) is 13.0 Å². The fraction of sp³-hybridized carbons (Fsp3) is 0.381. The number of rotatable bonds is 9. The highest BCUT2D eigenvalue weighted by Gasteiger charge is 2.01. The number of halogens is 1. The van der Waals surface area contributed by atoms with Crippen molar-refractivity contribution in [2.24, 2.45) is 4.99 Å². The number of guanidine groups is 1. The predicted octanol–water partition coefficient (Wildman–Crippen LogP) is 4.01. The quantitative estimate of drug-likeness (QED) is 0.322. The molecule has 0 aliphatic heterocycles. The minimum Gasteiger partial charge on any atom is -0.497 e. The Morgan fingerprint density at radius 3 is 2.44 bits per heavy atom. The minimum atomic E-state index is 0. The maximum atomic E-state index is 5.68. The van der Waals surface area contributed by atoms with Crippen molar-refractivity contribution in [3.63, 3.8) is 0 Å². The Balaban J connectivity index is 0.00000364. The summed E-state index contributed by atoms with van der Waals surface area (Å²) in [5.74, 6) is 2.59. The molecule has 2 aromatic carbocycles. The van der Waals surface area contributed by atoms with E-state index < -0.39 is 0 Å². The molecule has 0 saturated heterocycles. The molecule has 0 saturated carbocycles. The van der Waals surface area contributed by atoms with Crippen LogP contribution < -0.4 is 20.1 Å². The van der Waals surface area contributed by atoms with Crippen LogP contribution in [0.25, 0.3) is 0 Å². The molecule has 0 aromatic heterocycles. The Bertz CT molecular complexity index is 690. The highest BCUT2D eigenvalue weighted by molar-refractivity contribution is 14.0. The summed E-state index contributed by atoms with van der Waals surface area (Å²) in [4.78, 5) is 4.27. The molecule has 2 N–H and O–H groups in total. The lowest BCUT2D eigenvalue weighted by Crippen LogP contribution is -2.37. The topological polar surface area (TPSA) is 54.9 Å². The smallest absolute Gasteiger partial charge is 0.191 e. The van der Waals surface area contributed by atoms with Crippen molar-refractivity contribution in [2.45, 2.75) is 26.3 Å². The summed E-state index contributed by atoms with van der Waals surface area (Å²) in [7, 11) is 3.45. The van der Waals surface area contributed by atoms with Gasteiger partial charge in [-0.2, -0.15) is 0 Å². The van der Waals surface area contributed by atoms with E-state index in [1.54, 1.807) is 14.2 Å². The van der Waals surface area contributed by atoms with E-state index in [1.165, 1.54) is 11.1 Å². The Hall–Kier alpha value is -1.96. The third kappa shape index (κ3) is 8.51. The largest absolute Gasteiger partial charge is 0.497 e. The van der Waals surface area contributed by atoms with Crippen molar-refractivity contribution in [1.82, 2.24) is 10.6 Å². The summed E-state index contributed by atoms with van der Waals surface area (Å²) < 4.78 is 10.9. The van der Waals surface area contributed by atoms with E-state index in [1.807, 2.05) is 36.4 Å². The summed E-state index contributed by atoms with van der Waals surface area (Å²) >= 11 is 0. The maximum Gasteiger partial charge on any atom is 0.191 e. The van der Waals surface area contributed by atoms with E-state index >= 15 is 0 Å². The zero-order valence-corrected chi connectivity index (χ0v) is 18.7. The molecule has 2 aromatic rings. The van der Waals surface area contributed by atoms with Crippen LogP contribution in [0, 0.1) is 0 Å². The molecule has 0 aliphatic rings. The molecule has 5 nitrogen and oxygen atoms in total. The first kappa shape index (κ1) is 23.1. The van der Waals surface area contributed by atoms with Crippen LogP contribution in [-0.4, -0.2) is 33.3 Å². The third-order valence-corrected chi connectivity index (χ3v) is 3.92. The van der Waals surface area contributed by atoms with Gasteiger partial charge in [0.05, 0.1) is 13.7 Å². The van der Waals surface area contributed by atoms with Gasteiger partial charge in [0, 0.05) is 20.1 Å². The first-order chi connectivity index (χ1) is 12.7. The second kappa shape index (κ2) is 13.2. The summed E-state index contributed by atoms with van der Waals surface area (Å²) in [6.45, 7) is 4.38. The van der Waals surface area contributed by atoms with Gasteiger partial charge in [-0.05, 0) is 48.2 Å². The molecule has 0 bridgehead atoms. The lowest BCUT2D eigenvalue weighted by atomic mass is 10.1. The Morgan fingerprint density at radius 1 is 1.00 bits per heavy atom. The van der Waals surface area contributed by atoms with Crippen molar-refractivity contribution >= 4 is 29.9 Å². The highest BCUT2D eigenvalue weighted by Crippen LogP contribution is 2.14. The van der Waals surface area contributed by atoms with Crippen molar-refractivity contribution in [3.8, 4) is 11.5 Å².